The third kappa shape index (κ3) is 6.53. The lowest BCUT2D eigenvalue weighted by Crippen LogP contribution is -2.18. The number of carbonyl (C=O) groups is 1. The van der Waals surface area contributed by atoms with Gasteiger partial charge < -0.3 is 10.2 Å². The molecule has 2 aromatic carbocycles. The quantitative estimate of drug-likeness (QED) is 0.363. The Morgan fingerprint density at radius 3 is 2.54 bits per heavy atom. The van der Waals surface area contributed by atoms with Crippen LogP contribution in [0.1, 0.15) is 30.9 Å². The van der Waals surface area contributed by atoms with Crippen molar-refractivity contribution < 1.29 is 27.2 Å². The summed E-state index contributed by atoms with van der Waals surface area (Å²) in [4.78, 5) is 16.6. The van der Waals surface area contributed by atoms with Gasteiger partial charge in [0.1, 0.15) is 5.82 Å². The van der Waals surface area contributed by atoms with Crippen LogP contribution in [0, 0.1) is 12.7 Å². The lowest BCUT2D eigenvalue weighted by Gasteiger charge is -2.12. The maximum atomic E-state index is 13.9. The standard InChI is InChI=1S/C19H17ClF4N2O2/c1-3-18(27)25-16-8-12(4-5-15(16)21)17(10-19(22,23)24)26-28-14-7-11(2)6-13(20)9-14/h4-9H,3,10H2,1-2H3,(H,25,27)/b26-17+. The Labute approximate surface area is 164 Å². The molecule has 0 aliphatic heterocycles. The van der Waals surface area contributed by atoms with Crippen LogP contribution < -0.4 is 10.2 Å². The third-order valence-electron chi connectivity index (χ3n) is 3.54. The number of oxime groups is 1. The topological polar surface area (TPSA) is 50.7 Å². The zero-order valence-electron chi connectivity index (χ0n) is 15.0. The number of halogens is 5. The Morgan fingerprint density at radius 1 is 1.21 bits per heavy atom. The van der Waals surface area contributed by atoms with Gasteiger partial charge in [0.05, 0.1) is 17.8 Å². The molecule has 0 aromatic heterocycles. The van der Waals surface area contributed by atoms with Gasteiger partial charge in [0.2, 0.25) is 5.91 Å². The van der Waals surface area contributed by atoms with E-state index in [1.807, 2.05) is 0 Å². The van der Waals surface area contributed by atoms with Crippen molar-refractivity contribution in [2.75, 3.05) is 5.32 Å². The smallest absolute Gasteiger partial charge is 0.357 e. The molecule has 0 fully saturated rings. The van der Waals surface area contributed by atoms with E-state index in [-0.39, 0.29) is 23.4 Å². The van der Waals surface area contributed by atoms with Crippen LogP contribution >= 0.6 is 11.6 Å². The van der Waals surface area contributed by atoms with E-state index in [9.17, 15) is 22.4 Å². The van der Waals surface area contributed by atoms with Crippen LogP contribution in [-0.4, -0.2) is 17.8 Å². The molecule has 1 N–H and O–H groups in total. The Morgan fingerprint density at radius 2 is 1.93 bits per heavy atom. The van der Waals surface area contributed by atoms with Crippen LogP contribution in [0.5, 0.6) is 5.75 Å². The monoisotopic (exact) mass is 416 g/mol. The summed E-state index contributed by atoms with van der Waals surface area (Å²) >= 11 is 5.90. The average molecular weight is 417 g/mol. The normalized spacial score (nSPS) is 12.0. The van der Waals surface area contributed by atoms with Gasteiger partial charge in [-0.25, -0.2) is 4.39 Å². The second-order valence-electron chi connectivity index (χ2n) is 5.98. The molecule has 0 unspecified atom stereocenters. The zero-order chi connectivity index (χ0) is 20.9. The molecular formula is C19H17ClF4N2O2. The number of amides is 1. The predicted molar refractivity (Wildman–Crippen MR) is 99.3 cm³/mol. The highest BCUT2D eigenvalue weighted by Gasteiger charge is 2.31. The molecule has 0 radical (unpaired) electrons. The SMILES string of the molecule is CCC(=O)Nc1cc(/C(CC(F)(F)F)=N/Oc2cc(C)cc(Cl)c2)ccc1F. The first-order chi connectivity index (χ1) is 13.1. The molecule has 0 atom stereocenters. The fourth-order valence-electron chi connectivity index (χ4n) is 2.28. The van der Waals surface area contributed by atoms with Gasteiger partial charge in [-0.3, -0.25) is 4.79 Å². The summed E-state index contributed by atoms with van der Waals surface area (Å²) in [5, 5.41) is 6.24. The van der Waals surface area contributed by atoms with Gasteiger partial charge in [0, 0.05) is 23.1 Å². The number of nitrogens with one attached hydrogen (secondary N) is 1. The van der Waals surface area contributed by atoms with E-state index in [0.717, 1.165) is 23.8 Å². The van der Waals surface area contributed by atoms with Crippen LogP contribution in [0.3, 0.4) is 0 Å². The second kappa shape index (κ2) is 9.05. The predicted octanol–water partition coefficient (Wildman–Crippen LogP) is 5.87. The van der Waals surface area contributed by atoms with Gasteiger partial charge in [-0.15, -0.1) is 0 Å². The molecule has 2 aromatic rings. The lowest BCUT2D eigenvalue weighted by molar-refractivity contribution is -0.121. The van der Waals surface area contributed by atoms with Gasteiger partial charge in [-0.2, -0.15) is 13.2 Å². The summed E-state index contributed by atoms with van der Waals surface area (Å²) in [6.45, 7) is 3.30. The molecule has 0 aliphatic carbocycles. The maximum Gasteiger partial charge on any atom is 0.394 e. The largest absolute Gasteiger partial charge is 0.394 e. The Hall–Kier alpha value is -2.61. The van der Waals surface area contributed by atoms with Gasteiger partial charge in [0.15, 0.2) is 5.75 Å². The summed E-state index contributed by atoms with van der Waals surface area (Å²) in [5.74, 6) is -1.09. The maximum absolute atomic E-state index is 13.9. The average Bonchev–Trinajstić information content (AvgIpc) is 2.58. The van der Waals surface area contributed by atoms with Gasteiger partial charge in [0.25, 0.3) is 0 Å². The molecule has 0 saturated carbocycles. The van der Waals surface area contributed by atoms with Crippen LogP contribution in [0.4, 0.5) is 23.2 Å². The second-order valence-corrected chi connectivity index (χ2v) is 6.42. The highest BCUT2D eigenvalue weighted by molar-refractivity contribution is 6.30. The Kier molecular flexibility index (Phi) is 7.01. The molecule has 9 heteroatoms. The van der Waals surface area contributed by atoms with Gasteiger partial charge >= 0.3 is 6.18 Å². The molecule has 0 spiro atoms. The number of hydrogen-bond acceptors (Lipinski definition) is 3. The lowest BCUT2D eigenvalue weighted by atomic mass is 10.1. The Balaban J connectivity index is 2.39. The van der Waals surface area contributed by atoms with Crippen molar-refractivity contribution in [2.24, 2.45) is 5.16 Å². The van der Waals surface area contributed by atoms with Crippen molar-refractivity contribution in [3.05, 3.63) is 58.4 Å². The summed E-state index contributed by atoms with van der Waals surface area (Å²) in [6, 6.07) is 7.78. The van der Waals surface area contributed by atoms with Crippen molar-refractivity contribution in [3.63, 3.8) is 0 Å². The van der Waals surface area contributed by atoms with E-state index in [0.29, 0.717) is 5.02 Å². The summed E-state index contributed by atoms with van der Waals surface area (Å²) in [7, 11) is 0. The highest BCUT2D eigenvalue weighted by atomic mass is 35.5. The fourth-order valence-corrected chi connectivity index (χ4v) is 2.56. The molecule has 1 amide bonds. The summed E-state index contributed by atoms with van der Waals surface area (Å²) in [5.41, 5.74) is -0.0137. The highest BCUT2D eigenvalue weighted by Crippen LogP contribution is 2.26. The first-order valence-corrected chi connectivity index (χ1v) is 8.63. The van der Waals surface area contributed by atoms with Gasteiger partial charge in [-0.1, -0.05) is 23.7 Å². The molecule has 4 nitrogen and oxygen atoms in total. The molecule has 0 bridgehead atoms. The number of rotatable bonds is 6. The molecule has 150 valence electrons. The van der Waals surface area contributed by atoms with Crippen molar-refractivity contribution in [1.82, 2.24) is 0 Å². The molecule has 0 aliphatic rings. The van der Waals surface area contributed by atoms with Crippen molar-refractivity contribution in [2.45, 2.75) is 32.9 Å². The number of benzene rings is 2. The summed E-state index contributed by atoms with van der Waals surface area (Å²) < 4.78 is 52.9. The van der Waals surface area contributed by atoms with Crippen LogP contribution in [0.15, 0.2) is 41.6 Å². The van der Waals surface area contributed by atoms with Crippen molar-refractivity contribution in [1.29, 1.82) is 0 Å². The van der Waals surface area contributed by atoms with E-state index in [2.05, 4.69) is 10.5 Å². The fraction of sp³-hybridized carbons (Fsp3) is 0.263. The zero-order valence-corrected chi connectivity index (χ0v) is 15.8. The van der Waals surface area contributed by atoms with Gasteiger partial charge in [-0.05, 0) is 42.8 Å². The van der Waals surface area contributed by atoms with E-state index >= 15 is 0 Å². The minimum atomic E-state index is -4.58. The number of carbonyl (C=O) groups excluding carboxylic acids is 1. The van der Waals surface area contributed by atoms with E-state index in [1.54, 1.807) is 26.0 Å². The molecular weight excluding hydrogens is 400 g/mol. The first kappa shape index (κ1) is 21.7. The summed E-state index contributed by atoms with van der Waals surface area (Å²) in [6.07, 6.45) is -5.89. The number of hydrogen-bond donors (Lipinski definition) is 1. The third-order valence-corrected chi connectivity index (χ3v) is 3.76. The van der Waals surface area contributed by atoms with E-state index < -0.39 is 30.0 Å². The minimum absolute atomic E-state index is 0.0381. The number of alkyl halides is 3. The Bertz CT molecular complexity index is 878. The number of aryl methyl sites for hydroxylation is 1. The van der Waals surface area contributed by atoms with E-state index in [1.165, 1.54) is 6.07 Å². The van der Waals surface area contributed by atoms with Crippen LogP contribution in [0.25, 0.3) is 0 Å². The molecule has 28 heavy (non-hydrogen) atoms. The number of anilines is 1. The molecule has 2 rings (SSSR count). The number of nitrogens with zero attached hydrogens (tertiary/aromatic N) is 1. The van der Waals surface area contributed by atoms with Crippen molar-refractivity contribution in [3.8, 4) is 5.75 Å². The molecule has 0 heterocycles. The van der Waals surface area contributed by atoms with Crippen molar-refractivity contribution >= 4 is 28.9 Å². The van der Waals surface area contributed by atoms with Crippen LogP contribution in [-0.2, 0) is 4.79 Å². The van der Waals surface area contributed by atoms with E-state index in [4.69, 9.17) is 16.4 Å². The van der Waals surface area contributed by atoms with Crippen LogP contribution in [0.2, 0.25) is 5.02 Å². The minimum Gasteiger partial charge on any atom is -0.357 e. The molecule has 0 saturated heterocycles. The first-order valence-electron chi connectivity index (χ1n) is 8.25.